The van der Waals surface area contributed by atoms with Crippen LogP contribution < -0.4 is 10.6 Å². The van der Waals surface area contributed by atoms with Gasteiger partial charge in [0.2, 0.25) is 0 Å². The summed E-state index contributed by atoms with van der Waals surface area (Å²) in [4.78, 5) is 11.5. The Morgan fingerprint density at radius 3 is 2.28 bits per heavy atom. The lowest BCUT2D eigenvalue weighted by atomic mass is 10.1. The molecule has 0 atom stereocenters. The van der Waals surface area contributed by atoms with E-state index in [0.29, 0.717) is 11.3 Å². The zero-order chi connectivity index (χ0) is 26.9. The highest BCUT2D eigenvalue weighted by Crippen LogP contribution is 2.27. The van der Waals surface area contributed by atoms with Crippen molar-refractivity contribution >= 4 is 46.8 Å². The molecule has 2 aromatic carbocycles. The Balaban J connectivity index is 0.000000329. The number of furan rings is 1. The summed E-state index contributed by atoms with van der Waals surface area (Å²) in [5.74, 6) is 1.37. The van der Waals surface area contributed by atoms with Gasteiger partial charge in [-0.15, -0.1) is 0 Å². The summed E-state index contributed by atoms with van der Waals surface area (Å²) >= 11 is 1.79. The largest absolute Gasteiger partial charge is 0.456 e. The first kappa shape index (κ1) is 31.3. The van der Waals surface area contributed by atoms with Gasteiger partial charge in [-0.05, 0) is 58.5 Å². The SMILES string of the molecule is C/C=C\c1oc(-c2ccc(C)cc2)cc1C(C)=O.CCNCCNc1ccc(C)cc1C=N.COI. The Bertz CT molecular complexity index is 1110. The summed E-state index contributed by atoms with van der Waals surface area (Å²) in [6, 6.07) is 16.0. The van der Waals surface area contributed by atoms with Crippen LogP contribution in [0.4, 0.5) is 5.69 Å². The van der Waals surface area contributed by atoms with Gasteiger partial charge in [0, 0.05) is 43.2 Å². The van der Waals surface area contributed by atoms with Crippen molar-refractivity contribution in [1.29, 1.82) is 5.41 Å². The standard InChI is InChI=1S/C16H16O2.C12H19N3.CH3IO/c1-4-5-15-14(12(3)17)10-16(18-15)13-8-6-11(2)7-9-13;1-3-14-6-7-15-12-5-4-10(2)8-11(12)9-13;1-3-2/h4-10H,1-3H3;4-5,8-9,13-15H,3,6-7H2,1-2H3;1H3/b5-4-;;. The molecule has 0 saturated heterocycles. The Morgan fingerprint density at radius 2 is 1.72 bits per heavy atom. The van der Waals surface area contributed by atoms with Gasteiger partial charge < -0.3 is 23.5 Å². The van der Waals surface area contributed by atoms with E-state index >= 15 is 0 Å². The maximum absolute atomic E-state index is 11.5. The first-order chi connectivity index (χ1) is 17.3. The molecule has 0 aliphatic carbocycles. The molecule has 0 bridgehead atoms. The molecule has 0 unspecified atom stereocenters. The van der Waals surface area contributed by atoms with Gasteiger partial charge >= 0.3 is 0 Å². The number of aryl methyl sites for hydroxylation is 2. The zero-order valence-electron chi connectivity index (χ0n) is 22.1. The summed E-state index contributed by atoms with van der Waals surface area (Å²) in [7, 11) is 1.61. The average molecular weight is 604 g/mol. The molecule has 0 aliphatic heterocycles. The molecule has 6 nitrogen and oxygen atoms in total. The lowest BCUT2D eigenvalue weighted by Crippen LogP contribution is -2.21. The van der Waals surface area contributed by atoms with Crippen LogP contribution in [0.1, 0.15) is 53.6 Å². The molecule has 3 aromatic rings. The second-order valence-electron chi connectivity index (χ2n) is 7.98. The summed E-state index contributed by atoms with van der Waals surface area (Å²) < 4.78 is 9.95. The van der Waals surface area contributed by atoms with Gasteiger partial charge in [-0.25, -0.2) is 0 Å². The Kier molecular flexibility index (Phi) is 15.3. The number of ketones is 1. The number of carbonyl (C=O) groups excluding carboxylic acids is 1. The first-order valence-corrected chi connectivity index (χ1v) is 12.7. The van der Waals surface area contributed by atoms with E-state index in [-0.39, 0.29) is 5.78 Å². The number of allylic oxidation sites excluding steroid dienone is 1. The van der Waals surface area contributed by atoms with Crippen LogP contribution in [-0.2, 0) is 3.07 Å². The maximum Gasteiger partial charge on any atom is 0.163 e. The number of likely N-dealkylation sites (N-methyl/N-ethyl adjacent to an activating group) is 1. The number of anilines is 1. The van der Waals surface area contributed by atoms with Crippen LogP contribution in [0.15, 0.2) is 59.0 Å². The summed E-state index contributed by atoms with van der Waals surface area (Å²) in [5, 5.41) is 13.9. The summed E-state index contributed by atoms with van der Waals surface area (Å²) in [6.07, 6.45) is 5.07. The highest BCUT2D eigenvalue weighted by molar-refractivity contribution is 14.1. The van der Waals surface area contributed by atoms with Crippen molar-refractivity contribution in [3.05, 3.63) is 82.6 Å². The quantitative estimate of drug-likeness (QED) is 0.102. The number of Topliss-reactive ketones (excluding diaryl/α,β-unsaturated/α-hetero) is 1. The molecule has 36 heavy (non-hydrogen) atoms. The highest BCUT2D eigenvalue weighted by Gasteiger charge is 2.13. The molecule has 0 fully saturated rings. The third kappa shape index (κ3) is 10.9. The van der Waals surface area contributed by atoms with E-state index < -0.39 is 0 Å². The number of hydrogen-bond acceptors (Lipinski definition) is 6. The van der Waals surface area contributed by atoms with Gasteiger partial charge in [0.25, 0.3) is 0 Å². The van der Waals surface area contributed by atoms with Gasteiger partial charge in [-0.2, -0.15) is 0 Å². The highest BCUT2D eigenvalue weighted by atomic mass is 127. The zero-order valence-corrected chi connectivity index (χ0v) is 24.2. The maximum atomic E-state index is 11.5. The smallest absolute Gasteiger partial charge is 0.163 e. The molecule has 0 spiro atoms. The second kappa shape index (κ2) is 17.6. The minimum atomic E-state index is 0.0187. The third-order valence-corrected chi connectivity index (χ3v) is 5.02. The molecule has 194 valence electrons. The molecular weight excluding hydrogens is 565 g/mol. The van der Waals surface area contributed by atoms with E-state index in [4.69, 9.17) is 9.83 Å². The Morgan fingerprint density at radius 1 is 1.08 bits per heavy atom. The van der Waals surface area contributed by atoms with E-state index in [1.807, 2.05) is 75.4 Å². The van der Waals surface area contributed by atoms with E-state index in [1.165, 1.54) is 17.3 Å². The normalized spacial score (nSPS) is 10.2. The first-order valence-electron chi connectivity index (χ1n) is 11.9. The molecule has 3 N–H and O–H groups in total. The van der Waals surface area contributed by atoms with Gasteiger partial charge in [0.1, 0.15) is 34.5 Å². The molecule has 1 aromatic heterocycles. The van der Waals surface area contributed by atoms with Gasteiger partial charge in [0.15, 0.2) is 5.78 Å². The molecule has 7 heteroatoms. The molecule has 0 saturated carbocycles. The van der Waals surface area contributed by atoms with E-state index in [0.717, 1.165) is 42.2 Å². The van der Waals surface area contributed by atoms with E-state index in [9.17, 15) is 4.79 Å². The topological polar surface area (TPSA) is 87.4 Å². The lowest BCUT2D eigenvalue weighted by molar-refractivity contribution is 0.101. The van der Waals surface area contributed by atoms with Gasteiger partial charge in [-0.1, -0.05) is 54.5 Å². The monoisotopic (exact) mass is 603 g/mol. The van der Waals surface area contributed by atoms with Crippen molar-refractivity contribution < 1.29 is 12.3 Å². The fourth-order valence-electron chi connectivity index (χ4n) is 3.24. The summed E-state index contributed by atoms with van der Waals surface area (Å²) in [5.41, 5.74) is 5.99. The molecule has 3 rings (SSSR count). The average Bonchev–Trinajstić information content (AvgIpc) is 3.28. The van der Waals surface area contributed by atoms with E-state index in [2.05, 4.69) is 26.7 Å². The van der Waals surface area contributed by atoms with E-state index in [1.54, 1.807) is 37.0 Å². The lowest BCUT2D eigenvalue weighted by Gasteiger charge is -2.10. The van der Waals surface area contributed by atoms with Crippen molar-refractivity contribution in [3.8, 4) is 11.3 Å². The van der Waals surface area contributed by atoms with Crippen LogP contribution in [0.2, 0.25) is 0 Å². The fourth-order valence-corrected chi connectivity index (χ4v) is 3.24. The molecule has 0 aliphatic rings. The van der Waals surface area contributed by atoms with Crippen molar-refractivity contribution in [3.63, 3.8) is 0 Å². The second-order valence-corrected chi connectivity index (χ2v) is 8.86. The molecule has 0 radical (unpaired) electrons. The Labute approximate surface area is 229 Å². The van der Waals surface area contributed by atoms with Crippen LogP contribution in [0, 0.1) is 19.3 Å². The number of hydrogen-bond donors (Lipinski definition) is 3. The fraction of sp³-hybridized carbons (Fsp3) is 0.310. The van der Waals surface area contributed by atoms with Crippen molar-refractivity contribution in [2.24, 2.45) is 0 Å². The molecule has 0 amide bonds. The van der Waals surface area contributed by atoms with Crippen LogP contribution in [0.5, 0.6) is 0 Å². The minimum Gasteiger partial charge on any atom is -0.456 e. The number of nitrogens with one attached hydrogen (secondary N) is 3. The Hall–Kier alpha value is -2.75. The van der Waals surface area contributed by atoms with Crippen LogP contribution in [0.3, 0.4) is 0 Å². The molecular formula is C29H38IN3O3. The van der Waals surface area contributed by atoms with Crippen molar-refractivity contribution in [2.45, 2.75) is 34.6 Å². The van der Waals surface area contributed by atoms with Crippen LogP contribution in [-0.4, -0.2) is 38.7 Å². The van der Waals surface area contributed by atoms with Crippen molar-refractivity contribution in [2.75, 3.05) is 32.1 Å². The predicted molar refractivity (Wildman–Crippen MR) is 161 cm³/mol. The van der Waals surface area contributed by atoms with Crippen molar-refractivity contribution in [1.82, 2.24) is 5.32 Å². The van der Waals surface area contributed by atoms with Crippen LogP contribution >= 0.6 is 23.0 Å². The predicted octanol–water partition coefficient (Wildman–Crippen LogP) is 7.49. The number of rotatable bonds is 9. The van der Waals surface area contributed by atoms with Gasteiger partial charge in [0.05, 0.1) is 5.56 Å². The van der Waals surface area contributed by atoms with Crippen LogP contribution in [0.25, 0.3) is 17.4 Å². The van der Waals surface area contributed by atoms with Gasteiger partial charge in [-0.3, -0.25) is 4.79 Å². The summed E-state index contributed by atoms with van der Waals surface area (Å²) in [6.45, 7) is 12.4. The molecule has 1 heterocycles. The third-order valence-electron chi connectivity index (χ3n) is 5.02. The minimum absolute atomic E-state index is 0.0187. The number of halogens is 1. The number of benzene rings is 2. The number of carbonyl (C=O) groups is 1.